The predicted octanol–water partition coefficient (Wildman–Crippen LogP) is 3.00. The molecule has 0 bridgehead atoms. The van der Waals surface area contributed by atoms with Crippen molar-refractivity contribution in [1.82, 2.24) is 15.1 Å². The molecule has 0 amide bonds. The van der Waals surface area contributed by atoms with Crippen molar-refractivity contribution in [2.75, 3.05) is 53.4 Å². The molecule has 1 saturated heterocycles. The van der Waals surface area contributed by atoms with Crippen LogP contribution in [-0.2, 0) is 6.54 Å². The molecule has 1 aliphatic rings. The van der Waals surface area contributed by atoms with Gasteiger partial charge in [-0.2, -0.15) is 0 Å². The molecule has 5 nitrogen and oxygen atoms in total. The summed E-state index contributed by atoms with van der Waals surface area (Å²) in [6, 6.07) is 5.68. The molecule has 27 heavy (non-hydrogen) atoms. The zero-order chi connectivity index (χ0) is 19.5. The number of aliphatic hydroxyl groups is 1. The van der Waals surface area contributed by atoms with E-state index in [9.17, 15) is 5.11 Å². The van der Waals surface area contributed by atoms with E-state index in [-0.39, 0.29) is 0 Å². The van der Waals surface area contributed by atoms with Crippen LogP contribution in [0.5, 0.6) is 5.75 Å². The Morgan fingerprint density at radius 1 is 1.22 bits per heavy atom. The molecule has 2 N–H and O–H groups in total. The molecule has 1 atom stereocenters. The zero-order valence-corrected chi connectivity index (χ0v) is 17.7. The fourth-order valence-electron chi connectivity index (χ4n) is 3.43. The minimum atomic E-state index is -0.473. The molecular formula is C21H36ClN3O2. The van der Waals surface area contributed by atoms with Crippen LogP contribution in [0.4, 0.5) is 0 Å². The zero-order valence-electron chi connectivity index (χ0n) is 16.9. The summed E-state index contributed by atoms with van der Waals surface area (Å²) in [6.07, 6.45) is 5.69. The van der Waals surface area contributed by atoms with Gasteiger partial charge in [-0.05, 0) is 77.7 Å². The lowest BCUT2D eigenvalue weighted by atomic mass is 10.2. The highest BCUT2D eigenvalue weighted by Crippen LogP contribution is 2.23. The lowest BCUT2D eigenvalue weighted by molar-refractivity contribution is 0.0690. The number of hydrogen-bond acceptors (Lipinski definition) is 5. The number of ether oxygens (including phenoxy) is 1. The summed E-state index contributed by atoms with van der Waals surface area (Å²) < 4.78 is 5.94. The number of nitrogens with one attached hydrogen (secondary N) is 1. The minimum absolute atomic E-state index is 0.311. The lowest BCUT2D eigenvalue weighted by Crippen LogP contribution is -2.36. The topological polar surface area (TPSA) is 48.0 Å². The van der Waals surface area contributed by atoms with Crippen LogP contribution in [0.15, 0.2) is 18.2 Å². The first-order valence-electron chi connectivity index (χ1n) is 10.2. The highest BCUT2D eigenvalue weighted by molar-refractivity contribution is 6.30. The van der Waals surface area contributed by atoms with Gasteiger partial charge in [0.15, 0.2) is 0 Å². The molecule has 1 aromatic carbocycles. The Bertz CT molecular complexity index is 534. The quantitative estimate of drug-likeness (QED) is 0.562. The Balaban J connectivity index is 1.78. The second kappa shape index (κ2) is 12.6. The van der Waals surface area contributed by atoms with E-state index in [2.05, 4.69) is 29.2 Å². The molecule has 1 aliphatic heterocycles. The maximum atomic E-state index is 10.4. The van der Waals surface area contributed by atoms with Crippen LogP contribution < -0.4 is 10.1 Å². The van der Waals surface area contributed by atoms with Gasteiger partial charge >= 0.3 is 0 Å². The average Bonchev–Trinajstić information content (AvgIpc) is 2.89. The van der Waals surface area contributed by atoms with Crippen molar-refractivity contribution in [3.05, 3.63) is 28.8 Å². The summed E-state index contributed by atoms with van der Waals surface area (Å²) >= 11 is 6.16. The largest absolute Gasteiger partial charge is 0.491 e. The fraction of sp³-hybridized carbons (Fsp3) is 0.714. The Kier molecular flexibility index (Phi) is 10.5. The minimum Gasteiger partial charge on any atom is -0.491 e. The van der Waals surface area contributed by atoms with Crippen molar-refractivity contribution >= 4 is 11.6 Å². The van der Waals surface area contributed by atoms with Gasteiger partial charge < -0.3 is 25.0 Å². The van der Waals surface area contributed by atoms with Crippen LogP contribution in [0.2, 0.25) is 5.02 Å². The molecule has 2 rings (SSSR count). The predicted molar refractivity (Wildman–Crippen MR) is 113 cm³/mol. The van der Waals surface area contributed by atoms with Gasteiger partial charge in [-0.15, -0.1) is 0 Å². The number of rotatable bonds is 11. The molecule has 0 aromatic heterocycles. The number of β-amino-alcohol motifs (C(OH)–C–C–N with tert-alkyl or cyclic N) is 1. The number of hydrogen-bond donors (Lipinski definition) is 2. The normalized spacial score (nSPS) is 17.1. The first-order chi connectivity index (χ1) is 13.0. The number of likely N-dealkylation sites (tertiary alicyclic amines) is 1. The van der Waals surface area contributed by atoms with E-state index in [1.807, 2.05) is 18.2 Å². The standard InChI is InChI=1S/C21H36ClN3O2/c1-24(2)11-7-10-23-15-18-14-19(22)8-9-21(18)27-17-20(26)16-25-12-5-3-4-6-13-25/h8-9,14,20,23,26H,3-7,10-13,15-17H2,1-2H3/t20-/m0/s1. The smallest absolute Gasteiger partial charge is 0.124 e. The molecule has 1 aromatic rings. The summed E-state index contributed by atoms with van der Waals surface area (Å²) in [6.45, 7) is 5.89. The third-order valence-corrected chi connectivity index (χ3v) is 5.13. The SMILES string of the molecule is CN(C)CCCNCc1cc(Cl)ccc1OC[C@@H](O)CN1CCCCCC1. The molecular weight excluding hydrogens is 362 g/mol. The Hall–Kier alpha value is -0.850. The summed E-state index contributed by atoms with van der Waals surface area (Å²) in [5.41, 5.74) is 1.04. The van der Waals surface area contributed by atoms with Crippen LogP contribution in [-0.4, -0.2) is 74.4 Å². The van der Waals surface area contributed by atoms with Gasteiger partial charge in [-0.1, -0.05) is 24.4 Å². The molecule has 1 heterocycles. The number of aliphatic hydroxyl groups excluding tert-OH is 1. The van der Waals surface area contributed by atoms with E-state index in [1.54, 1.807) is 0 Å². The van der Waals surface area contributed by atoms with Gasteiger partial charge in [0.05, 0.1) is 0 Å². The molecule has 0 spiro atoms. The van der Waals surface area contributed by atoms with Crippen molar-refractivity contribution < 1.29 is 9.84 Å². The summed E-state index contributed by atoms with van der Waals surface area (Å²) in [4.78, 5) is 4.54. The Labute approximate surface area is 169 Å². The summed E-state index contributed by atoms with van der Waals surface area (Å²) in [5, 5.41) is 14.5. The monoisotopic (exact) mass is 397 g/mol. The number of halogens is 1. The molecule has 0 radical (unpaired) electrons. The highest BCUT2D eigenvalue weighted by Gasteiger charge is 2.15. The Morgan fingerprint density at radius 2 is 1.96 bits per heavy atom. The van der Waals surface area contributed by atoms with Crippen molar-refractivity contribution in [3.8, 4) is 5.75 Å². The van der Waals surface area contributed by atoms with Crippen LogP contribution in [0.1, 0.15) is 37.7 Å². The highest BCUT2D eigenvalue weighted by atomic mass is 35.5. The maximum absolute atomic E-state index is 10.4. The fourth-order valence-corrected chi connectivity index (χ4v) is 3.62. The Morgan fingerprint density at radius 3 is 2.67 bits per heavy atom. The van der Waals surface area contributed by atoms with Gasteiger partial charge in [0.2, 0.25) is 0 Å². The van der Waals surface area contributed by atoms with Crippen LogP contribution in [0.25, 0.3) is 0 Å². The van der Waals surface area contributed by atoms with Gasteiger partial charge in [0.25, 0.3) is 0 Å². The van der Waals surface area contributed by atoms with Crippen molar-refractivity contribution in [3.63, 3.8) is 0 Å². The third kappa shape index (κ3) is 9.26. The van der Waals surface area contributed by atoms with Crippen molar-refractivity contribution in [2.24, 2.45) is 0 Å². The molecule has 1 fully saturated rings. The van der Waals surface area contributed by atoms with Gasteiger partial charge in [-0.25, -0.2) is 0 Å². The second-order valence-corrected chi connectivity index (χ2v) is 8.20. The molecule has 6 heteroatoms. The van der Waals surface area contributed by atoms with E-state index < -0.39 is 6.10 Å². The molecule has 154 valence electrons. The van der Waals surface area contributed by atoms with E-state index in [4.69, 9.17) is 16.3 Å². The summed E-state index contributed by atoms with van der Waals surface area (Å²) in [7, 11) is 4.17. The van der Waals surface area contributed by atoms with Gasteiger partial charge in [0.1, 0.15) is 18.5 Å². The third-order valence-electron chi connectivity index (χ3n) is 4.90. The van der Waals surface area contributed by atoms with E-state index >= 15 is 0 Å². The van der Waals surface area contributed by atoms with Crippen molar-refractivity contribution in [2.45, 2.75) is 44.8 Å². The van der Waals surface area contributed by atoms with Crippen LogP contribution in [0, 0.1) is 0 Å². The average molecular weight is 398 g/mol. The van der Waals surface area contributed by atoms with E-state index in [1.165, 1.54) is 25.7 Å². The maximum Gasteiger partial charge on any atom is 0.124 e. The van der Waals surface area contributed by atoms with Gasteiger partial charge in [0, 0.05) is 23.7 Å². The molecule has 0 unspecified atom stereocenters. The van der Waals surface area contributed by atoms with Crippen molar-refractivity contribution in [1.29, 1.82) is 0 Å². The van der Waals surface area contributed by atoms with Crippen LogP contribution in [0.3, 0.4) is 0 Å². The number of nitrogens with zero attached hydrogens (tertiary/aromatic N) is 2. The molecule has 0 saturated carbocycles. The lowest BCUT2D eigenvalue weighted by Gasteiger charge is -2.23. The van der Waals surface area contributed by atoms with E-state index in [0.717, 1.165) is 43.9 Å². The number of benzene rings is 1. The second-order valence-electron chi connectivity index (χ2n) is 7.77. The first kappa shape index (κ1) is 22.4. The summed E-state index contributed by atoms with van der Waals surface area (Å²) in [5.74, 6) is 0.800. The molecule has 0 aliphatic carbocycles. The first-order valence-corrected chi connectivity index (χ1v) is 10.6. The van der Waals surface area contributed by atoms with E-state index in [0.29, 0.717) is 24.7 Å². The van der Waals surface area contributed by atoms with Crippen LogP contribution >= 0.6 is 11.6 Å². The van der Waals surface area contributed by atoms with Gasteiger partial charge in [-0.3, -0.25) is 0 Å².